The van der Waals surface area contributed by atoms with Crippen LogP contribution in [0.3, 0.4) is 0 Å². The molecule has 1 aliphatic rings. The Morgan fingerprint density at radius 2 is 1.74 bits per heavy atom. The third-order valence-electron chi connectivity index (χ3n) is 5.14. The Kier molecular flexibility index (Phi) is 4.35. The van der Waals surface area contributed by atoms with E-state index in [0.717, 1.165) is 40.3 Å². The van der Waals surface area contributed by atoms with E-state index in [0.29, 0.717) is 5.82 Å². The summed E-state index contributed by atoms with van der Waals surface area (Å²) < 4.78 is 2.16. The van der Waals surface area contributed by atoms with Gasteiger partial charge in [-0.3, -0.25) is 15.0 Å². The van der Waals surface area contributed by atoms with E-state index in [4.69, 9.17) is 0 Å². The molecule has 0 unspecified atom stereocenters. The molecule has 0 atom stereocenters. The molecule has 1 fully saturated rings. The van der Waals surface area contributed by atoms with Crippen LogP contribution in [-0.2, 0) is 22.6 Å². The van der Waals surface area contributed by atoms with Gasteiger partial charge in [-0.1, -0.05) is 30.3 Å². The van der Waals surface area contributed by atoms with Crippen LogP contribution in [0.5, 0.6) is 0 Å². The molecule has 0 saturated carbocycles. The van der Waals surface area contributed by atoms with E-state index in [2.05, 4.69) is 39.0 Å². The van der Waals surface area contributed by atoms with E-state index in [1.165, 1.54) is 11.9 Å². The number of imide groups is 1. The molecule has 0 bridgehead atoms. The van der Waals surface area contributed by atoms with Crippen LogP contribution in [0.1, 0.15) is 29.7 Å². The van der Waals surface area contributed by atoms with Crippen LogP contribution in [0.25, 0.3) is 11.0 Å². The van der Waals surface area contributed by atoms with Gasteiger partial charge in [0.1, 0.15) is 12.0 Å². The second kappa shape index (κ2) is 6.83. The topological polar surface area (TPSA) is 80.1 Å². The Hall–Kier alpha value is -3.22. The van der Waals surface area contributed by atoms with Gasteiger partial charge in [0.25, 0.3) is 0 Å². The molecule has 7 nitrogen and oxygen atoms in total. The van der Waals surface area contributed by atoms with Crippen molar-refractivity contribution in [3.05, 3.63) is 53.5 Å². The summed E-state index contributed by atoms with van der Waals surface area (Å²) in [7, 11) is 0. The summed E-state index contributed by atoms with van der Waals surface area (Å²) in [6.45, 7) is 4.86. The molecular weight excluding hydrogens is 342 g/mol. The highest BCUT2D eigenvalue weighted by atomic mass is 16.2. The Bertz CT molecular complexity index is 1010. The van der Waals surface area contributed by atoms with E-state index < -0.39 is 0 Å². The highest BCUT2D eigenvalue weighted by molar-refractivity contribution is 6.04. The molecule has 1 aliphatic heterocycles. The fourth-order valence-corrected chi connectivity index (χ4v) is 3.52. The SMILES string of the molecule is Cc1c(C)n(CCc2ccccc2)c2ncnc(NN3C(=O)CCC3=O)c12. The first-order valence-electron chi connectivity index (χ1n) is 9.03. The number of fused-ring (bicyclic) bond motifs is 1. The number of aromatic nitrogens is 3. The summed E-state index contributed by atoms with van der Waals surface area (Å²) in [5, 5.41) is 1.91. The summed E-state index contributed by atoms with van der Waals surface area (Å²) in [6, 6.07) is 10.3. The minimum Gasteiger partial charge on any atom is -0.329 e. The fourth-order valence-electron chi connectivity index (χ4n) is 3.52. The molecule has 27 heavy (non-hydrogen) atoms. The lowest BCUT2D eigenvalue weighted by Gasteiger charge is -2.16. The summed E-state index contributed by atoms with van der Waals surface area (Å²) in [6.07, 6.45) is 2.82. The van der Waals surface area contributed by atoms with E-state index in [9.17, 15) is 9.59 Å². The van der Waals surface area contributed by atoms with Crippen LogP contribution in [0.2, 0.25) is 0 Å². The predicted octanol–water partition coefficient (Wildman–Crippen LogP) is 2.77. The van der Waals surface area contributed by atoms with E-state index in [1.807, 2.05) is 25.1 Å². The fraction of sp³-hybridized carbons (Fsp3) is 0.300. The number of nitrogens with zero attached hydrogens (tertiary/aromatic N) is 4. The highest BCUT2D eigenvalue weighted by Crippen LogP contribution is 2.29. The number of rotatable bonds is 5. The normalized spacial score (nSPS) is 14.4. The number of anilines is 1. The maximum atomic E-state index is 11.9. The molecule has 1 saturated heterocycles. The van der Waals surface area contributed by atoms with Gasteiger partial charge >= 0.3 is 0 Å². The van der Waals surface area contributed by atoms with Gasteiger partial charge in [-0.2, -0.15) is 5.01 Å². The summed E-state index contributed by atoms with van der Waals surface area (Å²) in [4.78, 5) is 32.6. The molecule has 1 aromatic carbocycles. The number of benzene rings is 1. The Balaban J connectivity index is 1.69. The van der Waals surface area contributed by atoms with Crippen molar-refractivity contribution >= 4 is 28.7 Å². The van der Waals surface area contributed by atoms with Gasteiger partial charge in [0.2, 0.25) is 11.8 Å². The molecule has 0 spiro atoms. The molecule has 4 rings (SSSR count). The molecule has 1 N–H and O–H groups in total. The Labute approximate surface area is 157 Å². The zero-order valence-corrected chi connectivity index (χ0v) is 15.4. The van der Waals surface area contributed by atoms with Crippen molar-refractivity contribution in [3.8, 4) is 0 Å². The maximum Gasteiger partial charge on any atom is 0.248 e. The zero-order chi connectivity index (χ0) is 19.0. The highest BCUT2D eigenvalue weighted by Gasteiger charge is 2.30. The van der Waals surface area contributed by atoms with E-state index >= 15 is 0 Å². The lowest BCUT2D eigenvalue weighted by molar-refractivity contribution is -0.136. The molecule has 2 aromatic heterocycles. The third-order valence-corrected chi connectivity index (χ3v) is 5.14. The van der Waals surface area contributed by atoms with Gasteiger partial charge in [0, 0.05) is 25.1 Å². The smallest absolute Gasteiger partial charge is 0.248 e. The molecule has 2 amide bonds. The molecule has 0 aliphatic carbocycles. The number of carbonyl (C=O) groups excluding carboxylic acids is 2. The van der Waals surface area contributed by atoms with Gasteiger partial charge < -0.3 is 4.57 Å². The lowest BCUT2D eigenvalue weighted by atomic mass is 10.1. The molecule has 138 valence electrons. The molecule has 3 heterocycles. The number of amides is 2. The van der Waals surface area contributed by atoms with Crippen molar-refractivity contribution in [2.75, 3.05) is 5.43 Å². The van der Waals surface area contributed by atoms with E-state index in [1.54, 1.807) is 0 Å². The van der Waals surface area contributed by atoms with Crippen LogP contribution >= 0.6 is 0 Å². The van der Waals surface area contributed by atoms with Crippen LogP contribution in [0.15, 0.2) is 36.7 Å². The average molecular weight is 363 g/mol. The van der Waals surface area contributed by atoms with Gasteiger partial charge in [0.05, 0.1) is 5.39 Å². The molecular formula is C20H21N5O2. The monoisotopic (exact) mass is 363 g/mol. The largest absolute Gasteiger partial charge is 0.329 e. The standard InChI is InChI=1S/C20H21N5O2/c1-13-14(2)24(11-10-15-6-4-3-5-7-15)20-18(13)19(21-12-22-20)23-25-16(26)8-9-17(25)27/h3-7,12H,8-11H2,1-2H3,(H,21,22,23). The number of hydrazine groups is 1. The minimum absolute atomic E-state index is 0.232. The van der Waals surface area contributed by atoms with Crippen molar-refractivity contribution in [3.63, 3.8) is 0 Å². The van der Waals surface area contributed by atoms with Crippen molar-refractivity contribution in [1.82, 2.24) is 19.5 Å². The average Bonchev–Trinajstić information content (AvgIpc) is 3.13. The van der Waals surface area contributed by atoms with Crippen molar-refractivity contribution in [2.24, 2.45) is 0 Å². The van der Waals surface area contributed by atoms with Gasteiger partial charge in [-0.05, 0) is 31.4 Å². The number of aryl methyl sites for hydroxylation is 3. The second-order valence-electron chi connectivity index (χ2n) is 6.75. The van der Waals surface area contributed by atoms with Crippen molar-refractivity contribution < 1.29 is 9.59 Å². The summed E-state index contributed by atoms with van der Waals surface area (Å²) in [5.74, 6) is 0.0250. The first kappa shape index (κ1) is 17.2. The quantitative estimate of drug-likeness (QED) is 0.705. The molecule has 3 aromatic rings. The molecule has 7 heteroatoms. The van der Waals surface area contributed by atoms with E-state index in [-0.39, 0.29) is 24.7 Å². The summed E-state index contributed by atoms with van der Waals surface area (Å²) in [5.41, 5.74) is 7.12. The maximum absolute atomic E-state index is 11.9. The Morgan fingerprint density at radius 1 is 1.04 bits per heavy atom. The predicted molar refractivity (Wildman–Crippen MR) is 102 cm³/mol. The third kappa shape index (κ3) is 3.05. The first-order valence-corrected chi connectivity index (χ1v) is 9.03. The number of hydrogen-bond acceptors (Lipinski definition) is 5. The van der Waals surface area contributed by atoms with Crippen molar-refractivity contribution in [1.29, 1.82) is 0 Å². The van der Waals surface area contributed by atoms with Crippen LogP contribution in [0, 0.1) is 13.8 Å². The van der Waals surface area contributed by atoms with Crippen molar-refractivity contribution in [2.45, 2.75) is 39.7 Å². The van der Waals surface area contributed by atoms with Gasteiger partial charge in [-0.25, -0.2) is 9.97 Å². The minimum atomic E-state index is -0.232. The first-order chi connectivity index (χ1) is 13.1. The van der Waals surface area contributed by atoms with Gasteiger partial charge in [0.15, 0.2) is 5.82 Å². The number of nitrogens with one attached hydrogen (secondary N) is 1. The van der Waals surface area contributed by atoms with Crippen LogP contribution in [0.4, 0.5) is 5.82 Å². The lowest BCUT2D eigenvalue weighted by Crippen LogP contribution is -2.35. The van der Waals surface area contributed by atoms with Crippen LogP contribution in [-0.4, -0.2) is 31.4 Å². The summed E-state index contributed by atoms with van der Waals surface area (Å²) >= 11 is 0. The molecule has 0 radical (unpaired) electrons. The Morgan fingerprint density at radius 3 is 2.44 bits per heavy atom. The number of hydrogen-bond donors (Lipinski definition) is 1. The van der Waals surface area contributed by atoms with Gasteiger partial charge in [-0.15, -0.1) is 0 Å². The zero-order valence-electron chi connectivity index (χ0n) is 15.4. The second-order valence-corrected chi connectivity index (χ2v) is 6.75. The number of carbonyl (C=O) groups is 2. The van der Waals surface area contributed by atoms with Crippen LogP contribution < -0.4 is 5.43 Å².